The van der Waals surface area contributed by atoms with Crippen LogP contribution in [-0.2, 0) is 9.59 Å². The van der Waals surface area contributed by atoms with Gasteiger partial charge in [-0.25, -0.2) is 4.79 Å². The quantitative estimate of drug-likeness (QED) is 0.608. The molecule has 0 aromatic heterocycles. The molecule has 0 spiro atoms. The largest absolute Gasteiger partial charge is 0.478 e. The van der Waals surface area contributed by atoms with Gasteiger partial charge in [0, 0.05) is 17.3 Å². The first-order valence-electron chi connectivity index (χ1n) is 7.07. The Morgan fingerprint density at radius 3 is 1.95 bits per heavy atom. The van der Waals surface area contributed by atoms with Gasteiger partial charge in [-0.1, -0.05) is 0 Å². The zero-order valence-corrected chi connectivity index (χ0v) is 12.1. The van der Waals surface area contributed by atoms with Crippen LogP contribution in [0.1, 0.15) is 52.4 Å². The molecule has 0 atom stereocenters. The van der Waals surface area contributed by atoms with Gasteiger partial charge in [0.1, 0.15) is 5.78 Å². The van der Waals surface area contributed by atoms with Crippen LogP contribution in [0, 0.1) is 5.41 Å². The highest BCUT2D eigenvalue weighted by molar-refractivity contribution is 6.18. The first-order chi connectivity index (χ1) is 9.34. The molecule has 3 N–H and O–H groups in total. The van der Waals surface area contributed by atoms with Gasteiger partial charge in [-0.3, -0.25) is 9.79 Å². The van der Waals surface area contributed by atoms with Gasteiger partial charge >= 0.3 is 5.97 Å². The monoisotopic (exact) mass is 278 g/mol. The molecule has 20 heavy (non-hydrogen) atoms. The zero-order valence-electron chi connectivity index (χ0n) is 12.1. The van der Waals surface area contributed by atoms with Gasteiger partial charge < -0.3 is 10.8 Å². The summed E-state index contributed by atoms with van der Waals surface area (Å²) in [6.45, 7) is 3.38. The van der Waals surface area contributed by atoms with E-state index in [1.807, 2.05) is 0 Å². The number of hydrogen-bond acceptors (Lipinski definition) is 4. The number of carboxylic acids is 1. The Bertz CT molecular complexity index is 481. The van der Waals surface area contributed by atoms with Crippen LogP contribution in [0.3, 0.4) is 0 Å². The summed E-state index contributed by atoms with van der Waals surface area (Å²) in [6.07, 6.45) is 6.29. The minimum atomic E-state index is -1.05. The van der Waals surface area contributed by atoms with Crippen LogP contribution in [0.15, 0.2) is 16.8 Å². The standard InChI is InChI=1S/C15H22N2O3/c1-10(12(9-16)13(19)20)17-15-6-3-14(4-7-15,5-8-15)11(2)18/h9H,3-8,16H2,1-2H3,(H,19,20). The summed E-state index contributed by atoms with van der Waals surface area (Å²) in [5.41, 5.74) is 5.59. The molecule has 0 radical (unpaired) electrons. The van der Waals surface area contributed by atoms with Gasteiger partial charge in [-0.2, -0.15) is 0 Å². The third kappa shape index (κ3) is 2.37. The Hall–Kier alpha value is -1.65. The summed E-state index contributed by atoms with van der Waals surface area (Å²) in [5.74, 6) is -0.755. The van der Waals surface area contributed by atoms with E-state index in [9.17, 15) is 9.59 Å². The average molecular weight is 278 g/mol. The minimum absolute atomic E-state index is 0.0633. The normalized spacial score (nSPS) is 34.1. The van der Waals surface area contributed by atoms with Crippen LogP contribution in [0.4, 0.5) is 0 Å². The second kappa shape index (κ2) is 5.04. The van der Waals surface area contributed by atoms with Crippen molar-refractivity contribution in [3.05, 3.63) is 11.8 Å². The van der Waals surface area contributed by atoms with E-state index in [1.54, 1.807) is 13.8 Å². The number of carbonyl (C=O) groups is 2. The second-order valence-electron chi connectivity index (χ2n) is 6.14. The predicted octanol–water partition coefficient (Wildman–Crippen LogP) is 2.06. The van der Waals surface area contributed by atoms with E-state index in [-0.39, 0.29) is 16.5 Å². The lowest BCUT2D eigenvalue weighted by molar-refractivity contribution is -0.133. The molecule has 5 heteroatoms. The lowest BCUT2D eigenvalue weighted by Crippen LogP contribution is -2.48. The van der Waals surface area contributed by atoms with E-state index >= 15 is 0 Å². The minimum Gasteiger partial charge on any atom is -0.478 e. The van der Waals surface area contributed by atoms with Crippen molar-refractivity contribution < 1.29 is 14.7 Å². The molecule has 3 saturated carbocycles. The Labute approximate surface area is 118 Å². The van der Waals surface area contributed by atoms with Crippen LogP contribution in [-0.4, -0.2) is 28.1 Å². The molecule has 0 unspecified atom stereocenters. The Balaban J connectivity index is 2.20. The van der Waals surface area contributed by atoms with E-state index in [4.69, 9.17) is 10.8 Å². The number of aliphatic imine (C=N–C) groups is 1. The van der Waals surface area contributed by atoms with Crippen molar-refractivity contribution >= 4 is 17.5 Å². The van der Waals surface area contributed by atoms with Crippen LogP contribution in [0.5, 0.6) is 0 Å². The van der Waals surface area contributed by atoms with Crippen molar-refractivity contribution in [1.29, 1.82) is 0 Å². The molecule has 3 fully saturated rings. The van der Waals surface area contributed by atoms with E-state index in [0.29, 0.717) is 11.5 Å². The highest BCUT2D eigenvalue weighted by Gasteiger charge is 2.51. The number of rotatable bonds is 4. The molecular formula is C15H22N2O3. The van der Waals surface area contributed by atoms with Crippen LogP contribution < -0.4 is 5.73 Å². The fourth-order valence-corrected chi connectivity index (χ4v) is 3.62. The summed E-state index contributed by atoms with van der Waals surface area (Å²) in [4.78, 5) is 27.6. The molecule has 0 aromatic rings. The summed E-state index contributed by atoms with van der Waals surface area (Å²) >= 11 is 0. The van der Waals surface area contributed by atoms with Crippen molar-refractivity contribution in [2.75, 3.05) is 0 Å². The average Bonchev–Trinajstić information content (AvgIpc) is 2.40. The number of aliphatic carboxylic acids is 1. The lowest BCUT2D eigenvalue weighted by atomic mass is 9.56. The maximum Gasteiger partial charge on any atom is 0.339 e. The fraction of sp³-hybridized carbons (Fsp3) is 0.667. The molecule has 3 aliphatic carbocycles. The summed E-state index contributed by atoms with van der Waals surface area (Å²) < 4.78 is 0. The SMILES string of the molecule is CC(=O)C12CCC(N=C(C)C(=CN)C(=O)O)(CC1)CC2. The molecule has 5 nitrogen and oxygen atoms in total. The predicted molar refractivity (Wildman–Crippen MR) is 76.6 cm³/mol. The Morgan fingerprint density at radius 1 is 1.10 bits per heavy atom. The maximum absolute atomic E-state index is 11.8. The Kier molecular flexibility index (Phi) is 3.71. The molecule has 110 valence electrons. The fourth-order valence-electron chi connectivity index (χ4n) is 3.62. The van der Waals surface area contributed by atoms with E-state index in [2.05, 4.69) is 4.99 Å². The number of nitrogens with two attached hydrogens (primary N) is 1. The molecule has 0 aromatic carbocycles. The van der Waals surface area contributed by atoms with Gasteiger partial charge in [-0.15, -0.1) is 0 Å². The van der Waals surface area contributed by atoms with Gasteiger partial charge in [0.25, 0.3) is 0 Å². The third-order valence-electron chi connectivity index (χ3n) is 5.15. The first kappa shape index (κ1) is 14.8. The van der Waals surface area contributed by atoms with Crippen molar-refractivity contribution in [3.63, 3.8) is 0 Å². The number of hydrogen-bond donors (Lipinski definition) is 2. The molecule has 2 bridgehead atoms. The lowest BCUT2D eigenvalue weighted by Gasteiger charge is -2.50. The van der Waals surface area contributed by atoms with E-state index < -0.39 is 5.97 Å². The zero-order chi connectivity index (χ0) is 15.0. The topological polar surface area (TPSA) is 92.8 Å². The van der Waals surface area contributed by atoms with Crippen molar-refractivity contribution in [3.8, 4) is 0 Å². The van der Waals surface area contributed by atoms with Crippen LogP contribution in [0.25, 0.3) is 0 Å². The number of carbonyl (C=O) groups excluding carboxylic acids is 1. The van der Waals surface area contributed by atoms with Crippen LogP contribution >= 0.6 is 0 Å². The number of carboxylic acid groups (broad SMARTS) is 1. The smallest absolute Gasteiger partial charge is 0.339 e. The summed E-state index contributed by atoms with van der Waals surface area (Å²) in [5, 5.41) is 9.08. The second-order valence-corrected chi connectivity index (χ2v) is 6.14. The highest BCUT2D eigenvalue weighted by Crippen LogP contribution is 2.54. The van der Waals surface area contributed by atoms with Crippen molar-refractivity contribution in [1.82, 2.24) is 0 Å². The maximum atomic E-state index is 11.8. The number of nitrogens with zero attached hydrogens (tertiary/aromatic N) is 1. The number of Topliss-reactive ketones (excluding diaryl/α,β-unsaturated/α-hetero) is 1. The van der Waals surface area contributed by atoms with Crippen molar-refractivity contribution in [2.24, 2.45) is 16.1 Å². The summed E-state index contributed by atoms with van der Waals surface area (Å²) in [6, 6.07) is 0. The van der Waals surface area contributed by atoms with E-state index in [1.165, 1.54) is 0 Å². The van der Waals surface area contributed by atoms with Gasteiger partial charge in [0.2, 0.25) is 0 Å². The van der Waals surface area contributed by atoms with Crippen LogP contribution in [0.2, 0.25) is 0 Å². The highest BCUT2D eigenvalue weighted by atomic mass is 16.4. The molecule has 0 saturated heterocycles. The van der Waals surface area contributed by atoms with Gasteiger partial charge in [0.15, 0.2) is 0 Å². The van der Waals surface area contributed by atoms with Crippen molar-refractivity contribution in [2.45, 2.75) is 57.9 Å². The molecule has 0 amide bonds. The number of ketones is 1. The molecular weight excluding hydrogens is 256 g/mol. The molecule has 3 rings (SSSR count). The summed E-state index contributed by atoms with van der Waals surface area (Å²) in [7, 11) is 0. The van der Waals surface area contributed by atoms with Gasteiger partial charge in [0.05, 0.1) is 11.1 Å². The third-order valence-corrected chi connectivity index (χ3v) is 5.15. The molecule has 3 aliphatic rings. The molecule has 0 heterocycles. The van der Waals surface area contributed by atoms with E-state index in [0.717, 1.165) is 44.7 Å². The number of fused-ring (bicyclic) bond motifs is 3. The molecule has 0 aliphatic heterocycles. The van der Waals surface area contributed by atoms with Gasteiger partial charge in [-0.05, 0) is 52.4 Å². The first-order valence-corrected chi connectivity index (χ1v) is 7.07. The Morgan fingerprint density at radius 2 is 1.60 bits per heavy atom.